The Kier molecular flexibility index (Phi) is 3.70. The lowest BCUT2D eigenvalue weighted by Crippen LogP contribution is -2.20. The largest absolute Gasteiger partial charge is 0.478 e. The average molecular weight is 294 g/mol. The van der Waals surface area contributed by atoms with Crippen molar-refractivity contribution >= 4 is 23.2 Å². The minimum Gasteiger partial charge on any atom is -0.478 e. The Bertz CT molecular complexity index is 764. The van der Waals surface area contributed by atoms with Gasteiger partial charge in [0.25, 0.3) is 0 Å². The van der Waals surface area contributed by atoms with Crippen molar-refractivity contribution in [2.45, 2.75) is 12.8 Å². The van der Waals surface area contributed by atoms with E-state index in [1.54, 1.807) is 12.1 Å². The Labute approximate surface area is 127 Å². The molecular formula is C17H14N2O3. The second kappa shape index (κ2) is 5.81. The first kappa shape index (κ1) is 14.0. The molecule has 0 aliphatic heterocycles. The summed E-state index contributed by atoms with van der Waals surface area (Å²) in [5.41, 5.74) is 6.31. The lowest BCUT2D eigenvalue weighted by molar-refractivity contribution is 0.0696. The number of benzene rings is 2. The van der Waals surface area contributed by atoms with Crippen LogP contribution >= 0.6 is 0 Å². The summed E-state index contributed by atoms with van der Waals surface area (Å²) >= 11 is 0. The molecule has 0 unspecified atom stereocenters. The number of nitrogens with one attached hydrogen (secondary N) is 1. The van der Waals surface area contributed by atoms with Crippen LogP contribution in [0.1, 0.15) is 32.7 Å². The Morgan fingerprint density at radius 2 is 1.77 bits per heavy atom. The van der Waals surface area contributed by atoms with Crippen molar-refractivity contribution in [2.75, 3.05) is 5.43 Å². The lowest BCUT2D eigenvalue weighted by atomic mass is 9.89. The number of fused-ring (bicyclic) bond motifs is 1. The number of nitrogens with zero attached hydrogens (tertiary/aromatic N) is 1. The standard InChI is InChI=1S/C17H14N2O3/c20-16-10-14(9-12-3-1-2-4-15(12)16)19-18-13-7-5-11(6-8-13)17(21)22/h1-8,18H,9-10H2,(H,21,22). The van der Waals surface area contributed by atoms with Crippen LogP contribution < -0.4 is 5.43 Å². The maximum absolute atomic E-state index is 12.1. The molecule has 0 spiro atoms. The molecule has 110 valence electrons. The minimum atomic E-state index is -0.965. The Balaban J connectivity index is 1.74. The molecule has 22 heavy (non-hydrogen) atoms. The van der Waals surface area contributed by atoms with Crippen LogP contribution in [0, 0.1) is 0 Å². The molecule has 0 atom stereocenters. The van der Waals surface area contributed by atoms with Gasteiger partial charge in [0.1, 0.15) is 0 Å². The van der Waals surface area contributed by atoms with Crippen molar-refractivity contribution in [2.24, 2.45) is 5.10 Å². The zero-order valence-corrected chi connectivity index (χ0v) is 11.7. The van der Waals surface area contributed by atoms with Crippen molar-refractivity contribution in [1.29, 1.82) is 0 Å². The highest BCUT2D eigenvalue weighted by Gasteiger charge is 2.20. The molecule has 0 fully saturated rings. The molecule has 3 rings (SSSR count). The molecule has 0 aromatic heterocycles. The van der Waals surface area contributed by atoms with Crippen LogP contribution in [-0.2, 0) is 6.42 Å². The first-order valence-corrected chi connectivity index (χ1v) is 6.89. The van der Waals surface area contributed by atoms with Crippen LogP contribution in [0.15, 0.2) is 53.6 Å². The van der Waals surface area contributed by atoms with Gasteiger partial charge in [-0.2, -0.15) is 5.10 Å². The lowest BCUT2D eigenvalue weighted by Gasteiger charge is -2.16. The molecule has 0 saturated heterocycles. The van der Waals surface area contributed by atoms with Crippen LogP contribution in [0.2, 0.25) is 0 Å². The number of carboxylic acids is 1. The quantitative estimate of drug-likeness (QED) is 0.853. The molecule has 0 bridgehead atoms. The van der Waals surface area contributed by atoms with Gasteiger partial charge in [-0.1, -0.05) is 24.3 Å². The first-order valence-electron chi connectivity index (χ1n) is 6.89. The van der Waals surface area contributed by atoms with Gasteiger partial charge in [0.2, 0.25) is 0 Å². The molecule has 0 amide bonds. The number of anilines is 1. The van der Waals surface area contributed by atoms with E-state index in [2.05, 4.69) is 10.5 Å². The fourth-order valence-electron chi connectivity index (χ4n) is 2.42. The van der Waals surface area contributed by atoms with E-state index in [1.807, 2.05) is 24.3 Å². The summed E-state index contributed by atoms with van der Waals surface area (Å²) in [5, 5.41) is 13.1. The average Bonchev–Trinajstić information content (AvgIpc) is 2.53. The predicted octanol–water partition coefficient (Wildman–Crippen LogP) is 2.98. The van der Waals surface area contributed by atoms with Gasteiger partial charge in [0.15, 0.2) is 5.78 Å². The normalized spacial score (nSPS) is 15.5. The molecule has 5 nitrogen and oxygen atoms in total. The highest BCUT2D eigenvalue weighted by Crippen LogP contribution is 2.20. The summed E-state index contributed by atoms with van der Waals surface area (Å²) in [5.74, 6) is -0.893. The van der Waals surface area contributed by atoms with E-state index in [0.29, 0.717) is 18.5 Å². The summed E-state index contributed by atoms with van der Waals surface area (Å²) < 4.78 is 0. The summed E-state index contributed by atoms with van der Waals surface area (Å²) in [6.07, 6.45) is 0.944. The smallest absolute Gasteiger partial charge is 0.335 e. The van der Waals surface area contributed by atoms with Crippen molar-refractivity contribution in [3.8, 4) is 0 Å². The number of ketones is 1. The molecule has 2 aromatic rings. The van der Waals surface area contributed by atoms with Gasteiger partial charge in [0.05, 0.1) is 23.4 Å². The van der Waals surface area contributed by atoms with Gasteiger partial charge >= 0.3 is 5.97 Å². The monoisotopic (exact) mass is 294 g/mol. The second-order valence-electron chi connectivity index (χ2n) is 5.11. The van der Waals surface area contributed by atoms with Crippen LogP contribution in [0.25, 0.3) is 0 Å². The summed E-state index contributed by atoms with van der Waals surface area (Å²) in [6, 6.07) is 13.8. The summed E-state index contributed by atoms with van der Waals surface area (Å²) in [7, 11) is 0. The summed E-state index contributed by atoms with van der Waals surface area (Å²) in [4.78, 5) is 22.8. The zero-order valence-electron chi connectivity index (χ0n) is 11.7. The minimum absolute atomic E-state index is 0.0728. The van der Waals surface area contributed by atoms with Crippen LogP contribution in [0.5, 0.6) is 0 Å². The van der Waals surface area contributed by atoms with E-state index in [0.717, 1.165) is 16.8 Å². The van der Waals surface area contributed by atoms with Crippen molar-refractivity contribution in [3.63, 3.8) is 0 Å². The highest BCUT2D eigenvalue weighted by atomic mass is 16.4. The van der Waals surface area contributed by atoms with Gasteiger partial charge < -0.3 is 5.11 Å². The van der Waals surface area contributed by atoms with Gasteiger partial charge in [-0.3, -0.25) is 10.2 Å². The Hall–Kier alpha value is -2.95. The molecule has 2 N–H and O–H groups in total. The van der Waals surface area contributed by atoms with E-state index in [9.17, 15) is 9.59 Å². The number of carbonyl (C=O) groups is 2. The maximum atomic E-state index is 12.1. The molecular weight excluding hydrogens is 280 g/mol. The number of rotatable bonds is 3. The van der Waals surface area contributed by atoms with Crippen LogP contribution in [0.3, 0.4) is 0 Å². The maximum Gasteiger partial charge on any atom is 0.335 e. The third kappa shape index (κ3) is 2.88. The van der Waals surface area contributed by atoms with Gasteiger partial charge in [0, 0.05) is 12.0 Å². The fraction of sp³-hybridized carbons (Fsp3) is 0.118. The highest BCUT2D eigenvalue weighted by molar-refractivity contribution is 6.14. The molecule has 1 aliphatic carbocycles. The number of carboxylic acid groups (broad SMARTS) is 1. The molecule has 0 radical (unpaired) electrons. The van der Waals surface area contributed by atoms with Gasteiger partial charge in [-0.05, 0) is 29.8 Å². The third-order valence-corrected chi connectivity index (χ3v) is 3.55. The molecule has 0 saturated carbocycles. The molecule has 1 aliphatic rings. The number of hydrazone groups is 1. The van der Waals surface area contributed by atoms with Gasteiger partial charge in [-0.25, -0.2) is 4.79 Å². The topological polar surface area (TPSA) is 78.8 Å². The predicted molar refractivity (Wildman–Crippen MR) is 83.6 cm³/mol. The number of hydrogen-bond donors (Lipinski definition) is 2. The van der Waals surface area contributed by atoms with E-state index in [-0.39, 0.29) is 11.3 Å². The Morgan fingerprint density at radius 1 is 1.05 bits per heavy atom. The third-order valence-electron chi connectivity index (χ3n) is 3.55. The summed E-state index contributed by atoms with van der Waals surface area (Å²) in [6.45, 7) is 0. The van der Waals surface area contributed by atoms with E-state index in [1.165, 1.54) is 12.1 Å². The van der Waals surface area contributed by atoms with Gasteiger partial charge in [-0.15, -0.1) is 0 Å². The fourth-order valence-corrected chi connectivity index (χ4v) is 2.42. The van der Waals surface area contributed by atoms with Crippen molar-refractivity contribution in [3.05, 3.63) is 65.2 Å². The number of Topliss-reactive ketones (excluding diaryl/α,β-unsaturated/α-hetero) is 1. The number of carbonyl (C=O) groups excluding carboxylic acids is 1. The van der Waals surface area contributed by atoms with Crippen LogP contribution in [0.4, 0.5) is 5.69 Å². The van der Waals surface area contributed by atoms with E-state index >= 15 is 0 Å². The molecule has 5 heteroatoms. The molecule has 0 heterocycles. The SMILES string of the molecule is O=C(O)c1ccc(NN=C2CC(=O)c3ccccc3C2)cc1. The number of aromatic carboxylic acids is 1. The van der Waals surface area contributed by atoms with Crippen LogP contribution in [-0.4, -0.2) is 22.6 Å². The number of hydrogen-bond acceptors (Lipinski definition) is 4. The zero-order chi connectivity index (χ0) is 15.5. The van der Waals surface area contributed by atoms with E-state index in [4.69, 9.17) is 5.11 Å². The van der Waals surface area contributed by atoms with Crippen molar-refractivity contribution in [1.82, 2.24) is 0 Å². The molecule has 2 aromatic carbocycles. The first-order chi connectivity index (χ1) is 10.6. The van der Waals surface area contributed by atoms with E-state index < -0.39 is 5.97 Å². The van der Waals surface area contributed by atoms with Crippen molar-refractivity contribution < 1.29 is 14.7 Å². The second-order valence-corrected chi connectivity index (χ2v) is 5.11. The Morgan fingerprint density at radius 3 is 2.50 bits per heavy atom.